The molecule has 1 atom stereocenters. The third-order valence-electron chi connectivity index (χ3n) is 2.98. The van der Waals surface area contributed by atoms with Crippen molar-refractivity contribution in [2.75, 3.05) is 13.2 Å². The molecule has 2 rings (SSSR count). The van der Waals surface area contributed by atoms with Gasteiger partial charge in [-0.1, -0.05) is 15.9 Å². The Morgan fingerprint density at radius 2 is 1.95 bits per heavy atom. The summed E-state index contributed by atoms with van der Waals surface area (Å²) in [5.74, 6) is 0.913. The van der Waals surface area contributed by atoms with Crippen LogP contribution in [-0.2, 0) is 6.42 Å². The van der Waals surface area contributed by atoms with Crippen molar-refractivity contribution in [2.45, 2.75) is 26.3 Å². The molecule has 1 heterocycles. The summed E-state index contributed by atoms with van der Waals surface area (Å²) in [5, 5.41) is 3.49. The molecule has 0 bridgehead atoms. The van der Waals surface area contributed by atoms with Gasteiger partial charge in [0.15, 0.2) is 0 Å². The fourth-order valence-electron chi connectivity index (χ4n) is 1.97. The summed E-state index contributed by atoms with van der Waals surface area (Å²) >= 11 is 5.29. The zero-order valence-electron chi connectivity index (χ0n) is 11.9. The Labute approximate surface area is 133 Å². The first-order valence-electron chi connectivity index (χ1n) is 6.80. The number of rotatable bonds is 7. The van der Waals surface area contributed by atoms with Crippen molar-refractivity contribution in [1.82, 2.24) is 5.32 Å². The van der Waals surface area contributed by atoms with E-state index in [2.05, 4.69) is 47.2 Å². The van der Waals surface area contributed by atoms with Gasteiger partial charge in [-0.3, -0.25) is 0 Å². The van der Waals surface area contributed by atoms with Crippen molar-refractivity contribution in [3.63, 3.8) is 0 Å². The molecule has 0 aliphatic carbocycles. The molecule has 0 amide bonds. The van der Waals surface area contributed by atoms with Crippen LogP contribution in [0, 0.1) is 6.92 Å². The Kier molecular flexibility index (Phi) is 6.07. The third kappa shape index (κ3) is 5.27. The molecule has 1 N–H and O–H groups in total. The number of thiophene rings is 1. The normalized spacial score (nSPS) is 12.3. The highest BCUT2D eigenvalue weighted by Gasteiger charge is 2.04. The van der Waals surface area contributed by atoms with Gasteiger partial charge in [-0.15, -0.1) is 11.3 Å². The molecule has 0 fully saturated rings. The van der Waals surface area contributed by atoms with Crippen LogP contribution in [0.1, 0.15) is 16.7 Å². The van der Waals surface area contributed by atoms with Crippen LogP contribution in [0.4, 0.5) is 0 Å². The fourth-order valence-corrected chi connectivity index (χ4v) is 3.26. The molecule has 0 aliphatic rings. The third-order valence-corrected chi connectivity index (χ3v) is 4.53. The maximum absolute atomic E-state index is 5.68. The summed E-state index contributed by atoms with van der Waals surface area (Å²) in [5.41, 5.74) is 0. The Morgan fingerprint density at radius 3 is 2.60 bits per heavy atom. The van der Waals surface area contributed by atoms with Crippen molar-refractivity contribution in [3.05, 3.63) is 50.6 Å². The minimum atomic E-state index is 0.474. The van der Waals surface area contributed by atoms with E-state index >= 15 is 0 Å². The minimum Gasteiger partial charge on any atom is -0.492 e. The predicted molar refractivity (Wildman–Crippen MR) is 89.9 cm³/mol. The van der Waals surface area contributed by atoms with Crippen LogP contribution in [-0.4, -0.2) is 19.2 Å². The van der Waals surface area contributed by atoms with E-state index in [4.69, 9.17) is 4.74 Å². The maximum Gasteiger partial charge on any atom is 0.119 e. The number of ether oxygens (including phenoxy) is 1. The van der Waals surface area contributed by atoms with Crippen LogP contribution in [0.3, 0.4) is 0 Å². The van der Waals surface area contributed by atoms with Crippen LogP contribution in [0.25, 0.3) is 0 Å². The van der Waals surface area contributed by atoms with Gasteiger partial charge in [0.1, 0.15) is 12.4 Å². The SMILES string of the molecule is Cc1ccc(CC(C)NCCOc2ccc(Br)cc2)s1. The number of halogens is 1. The van der Waals surface area contributed by atoms with Gasteiger partial charge in [-0.2, -0.15) is 0 Å². The van der Waals surface area contributed by atoms with Gasteiger partial charge in [0, 0.05) is 26.8 Å². The minimum absolute atomic E-state index is 0.474. The number of nitrogens with one attached hydrogen (secondary N) is 1. The average Bonchev–Trinajstić information content (AvgIpc) is 2.82. The van der Waals surface area contributed by atoms with Crippen molar-refractivity contribution in [3.8, 4) is 5.75 Å². The molecule has 0 aliphatic heterocycles. The molecule has 0 saturated carbocycles. The number of aryl methyl sites for hydroxylation is 1. The summed E-state index contributed by atoms with van der Waals surface area (Å²) in [6.45, 7) is 5.92. The second kappa shape index (κ2) is 7.81. The highest BCUT2D eigenvalue weighted by atomic mass is 79.9. The highest BCUT2D eigenvalue weighted by Crippen LogP contribution is 2.17. The van der Waals surface area contributed by atoms with Crippen LogP contribution >= 0.6 is 27.3 Å². The molecule has 4 heteroatoms. The Balaban J connectivity index is 1.64. The molecule has 1 unspecified atom stereocenters. The van der Waals surface area contributed by atoms with E-state index in [1.807, 2.05) is 35.6 Å². The van der Waals surface area contributed by atoms with Crippen molar-refractivity contribution in [2.24, 2.45) is 0 Å². The first-order valence-corrected chi connectivity index (χ1v) is 8.41. The van der Waals surface area contributed by atoms with E-state index in [-0.39, 0.29) is 0 Å². The van der Waals surface area contributed by atoms with Gasteiger partial charge >= 0.3 is 0 Å². The smallest absolute Gasteiger partial charge is 0.119 e. The number of hydrogen-bond donors (Lipinski definition) is 1. The van der Waals surface area contributed by atoms with Gasteiger partial charge in [0.05, 0.1) is 0 Å². The number of benzene rings is 1. The standard InChI is InChI=1S/C16H20BrNOS/c1-12(11-16-8-3-13(2)20-16)18-9-10-19-15-6-4-14(17)5-7-15/h3-8,12,18H,9-11H2,1-2H3. The first-order chi connectivity index (χ1) is 9.63. The topological polar surface area (TPSA) is 21.3 Å². The van der Waals surface area contributed by atoms with Crippen molar-refractivity contribution in [1.29, 1.82) is 0 Å². The Hall–Kier alpha value is -0.840. The van der Waals surface area contributed by atoms with Gasteiger partial charge in [0.2, 0.25) is 0 Å². The van der Waals surface area contributed by atoms with Crippen molar-refractivity contribution >= 4 is 27.3 Å². The molecular weight excluding hydrogens is 334 g/mol. The molecule has 2 aromatic rings. The molecule has 108 valence electrons. The first kappa shape index (κ1) is 15.5. The van der Waals surface area contributed by atoms with E-state index in [0.29, 0.717) is 12.6 Å². The Bertz CT molecular complexity index is 524. The lowest BCUT2D eigenvalue weighted by molar-refractivity contribution is 0.307. The monoisotopic (exact) mass is 353 g/mol. The molecule has 0 spiro atoms. The van der Waals surface area contributed by atoms with E-state index in [0.717, 1.165) is 23.2 Å². The molecular formula is C16H20BrNOS. The molecule has 0 saturated heterocycles. The van der Waals surface area contributed by atoms with Crippen LogP contribution in [0.15, 0.2) is 40.9 Å². The van der Waals surface area contributed by atoms with Gasteiger partial charge in [0.25, 0.3) is 0 Å². The van der Waals surface area contributed by atoms with E-state index in [1.165, 1.54) is 9.75 Å². The lowest BCUT2D eigenvalue weighted by atomic mass is 10.2. The number of hydrogen-bond acceptors (Lipinski definition) is 3. The largest absolute Gasteiger partial charge is 0.492 e. The maximum atomic E-state index is 5.68. The quantitative estimate of drug-likeness (QED) is 0.744. The van der Waals surface area contributed by atoms with Gasteiger partial charge in [-0.25, -0.2) is 0 Å². The second-order valence-corrected chi connectivity index (χ2v) is 7.16. The zero-order chi connectivity index (χ0) is 14.4. The van der Waals surface area contributed by atoms with E-state index in [1.54, 1.807) is 0 Å². The van der Waals surface area contributed by atoms with E-state index < -0.39 is 0 Å². The lowest BCUT2D eigenvalue weighted by Gasteiger charge is -2.13. The average molecular weight is 354 g/mol. The lowest BCUT2D eigenvalue weighted by Crippen LogP contribution is -2.31. The summed E-state index contributed by atoms with van der Waals surface area (Å²) < 4.78 is 6.76. The summed E-state index contributed by atoms with van der Waals surface area (Å²) in [6.07, 6.45) is 1.08. The fraction of sp³-hybridized carbons (Fsp3) is 0.375. The van der Waals surface area contributed by atoms with Crippen LogP contribution in [0.5, 0.6) is 5.75 Å². The van der Waals surface area contributed by atoms with Crippen LogP contribution in [0.2, 0.25) is 0 Å². The highest BCUT2D eigenvalue weighted by molar-refractivity contribution is 9.10. The predicted octanol–water partition coefficient (Wildman–Crippen LogP) is 4.42. The van der Waals surface area contributed by atoms with Gasteiger partial charge < -0.3 is 10.1 Å². The van der Waals surface area contributed by atoms with Crippen molar-refractivity contribution < 1.29 is 4.74 Å². The summed E-state index contributed by atoms with van der Waals surface area (Å²) in [7, 11) is 0. The second-order valence-electron chi connectivity index (χ2n) is 4.87. The zero-order valence-corrected chi connectivity index (χ0v) is 14.3. The van der Waals surface area contributed by atoms with Crippen LogP contribution < -0.4 is 10.1 Å². The Morgan fingerprint density at radius 1 is 1.20 bits per heavy atom. The molecule has 0 radical (unpaired) electrons. The molecule has 2 nitrogen and oxygen atoms in total. The van der Waals surface area contributed by atoms with Gasteiger partial charge in [-0.05, 0) is 56.7 Å². The molecule has 20 heavy (non-hydrogen) atoms. The van der Waals surface area contributed by atoms with E-state index in [9.17, 15) is 0 Å². The summed E-state index contributed by atoms with van der Waals surface area (Å²) in [6, 6.07) is 12.8. The molecule has 1 aromatic heterocycles. The summed E-state index contributed by atoms with van der Waals surface area (Å²) in [4.78, 5) is 2.82. The molecule has 1 aromatic carbocycles.